The quantitative estimate of drug-likeness (QED) is 0.586. The summed E-state index contributed by atoms with van der Waals surface area (Å²) in [4.78, 5) is 36.5. The molecule has 2 aliphatic carbocycles. The van der Waals surface area contributed by atoms with E-state index >= 15 is 0 Å². The molecule has 4 rings (SSSR count). The van der Waals surface area contributed by atoms with Crippen molar-refractivity contribution in [2.24, 2.45) is 5.41 Å². The third-order valence-corrected chi connectivity index (χ3v) is 6.73. The molecule has 0 radical (unpaired) electrons. The number of hydrogen-bond acceptors (Lipinski definition) is 4. The number of alkyl carbamates (subject to hydrolysis) is 1. The maximum Gasteiger partial charge on any atom is 0.407 e. The molecule has 32 heavy (non-hydrogen) atoms. The minimum Gasteiger partial charge on any atom is -0.481 e. The van der Waals surface area contributed by atoms with Crippen LogP contribution in [0.1, 0.15) is 49.7 Å². The number of carbonyl (C=O) groups is 3. The van der Waals surface area contributed by atoms with E-state index in [0.717, 1.165) is 28.7 Å². The third-order valence-electron chi connectivity index (χ3n) is 6.73. The monoisotopic (exact) mass is 436 g/mol. The lowest BCUT2D eigenvalue weighted by atomic mass is 9.69. The van der Waals surface area contributed by atoms with E-state index in [9.17, 15) is 19.5 Å². The zero-order chi connectivity index (χ0) is 22.7. The van der Waals surface area contributed by atoms with Crippen LogP contribution in [0.25, 0.3) is 11.1 Å². The highest BCUT2D eigenvalue weighted by molar-refractivity contribution is 5.86. The summed E-state index contributed by atoms with van der Waals surface area (Å²) in [6.07, 6.45) is 1.66. The van der Waals surface area contributed by atoms with Crippen LogP contribution >= 0.6 is 0 Å². The predicted molar refractivity (Wildman–Crippen MR) is 119 cm³/mol. The average molecular weight is 437 g/mol. The standard InChI is InChI=1S/C25H28N2O5/c1-2-21(22(28)26-15-25(23(29)30)12-7-13-25)27-24(31)32-14-20-18-10-5-3-8-16(18)17-9-4-6-11-19(17)20/h3-6,8-11,20-21H,2,7,12-15H2,1H3,(H,26,28)(H,27,31)(H,29,30)/t21-/m1/s1. The molecule has 2 aromatic rings. The molecule has 7 heteroatoms. The molecule has 1 fully saturated rings. The van der Waals surface area contributed by atoms with Crippen LogP contribution in [-0.2, 0) is 14.3 Å². The second-order valence-corrected chi connectivity index (χ2v) is 8.59. The molecule has 0 bridgehead atoms. The topological polar surface area (TPSA) is 105 Å². The number of benzene rings is 2. The van der Waals surface area contributed by atoms with Crippen molar-refractivity contribution in [3.63, 3.8) is 0 Å². The molecule has 0 unspecified atom stereocenters. The summed E-state index contributed by atoms with van der Waals surface area (Å²) in [6, 6.07) is 15.4. The van der Waals surface area contributed by atoms with Crippen LogP contribution in [-0.4, -0.2) is 42.3 Å². The van der Waals surface area contributed by atoms with E-state index in [0.29, 0.717) is 19.3 Å². The first-order valence-electron chi connectivity index (χ1n) is 11.1. The van der Waals surface area contributed by atoms with Gasteiger partial charge in [-0.3, -0.25) is 9.59 Å². The summed E-state index contributed by atoms with van der Waals surface area (Å²) in [5, 5.41) is 14.7. The van der Waals surface area contributed by atoms with Gasteiger partial charge in [-0.05, 0) is 41.5 Å². The van der Waals surface area contributed by atoms with Gasteiger partial charge in [0.05, 0.1) is 5.41 Å². The fourth-order valence-electron chi connectivity index (χ4n) is 4.58. The van der Waals surface area contributed by atoms with Crippen LogP contribution in [0.4, 0.5) is 4.79 Å². The van der Waals surface area contributed by atoms with Gasteiger partial charge in [-0.2, -0.15) is 0 Å². The van der Waals surface area contributed by atoms with E-state index in [1.165, 1.54) is 0 Å². The first-order chi connectivity index (χ1) is 15.4. The van der Waals surface area contributed by atoms with E-state index in [-0.39, 0.29) is 19.1 Å². The second kappa shape index (κ2) is 9.02. The molecule has 1 atom stereocenters. The van der Waals surface area contributed by atoms with Gasteiger partial charge in [-0.25, -0.2) is 4.79 Å². The fraction of sp³-hybridized carbons (Fsp3) is 0.400. The van der Waals surface area contributed by atoms with Crippen LogP contribution in [0.15, 0.2) is 48.5 Å². The van der Waals surface area contributed by atoms with E-state index in [1.807, 2.05) is 36.4 Å². The average Bonchev–Trinajstić information content (AvgIpc) is 3.08. The molecule has 168 valence electrons. The molecule has 1 saturated carbocycles. The van der Waals surface area contributed by atoms with Gasteiger partial charge in [0, 0.05) is 12.5 Å². The normalized spacial score (nSPS) is 16.8. The molecule has 0 spiro atoms. The van der Waals surface area contributed by atoms with Crippen LogP contribution in [0.2, 0.25) is 0 Å². The predicted octanol–water partition coefficient (Wildman–Crippen LogP) is 3.67. The highest BCUT2D eigenvalue weighted by Gasteiger charge is 2.44. The molecule has 2 aromatic carbocycles. The minimum atomic E-state index is -0.887. The maximum atomic E-state index is 12.5. The molecule has 7 nitrogen and oxygen atoms in total. The van der Waals surface area contributed by atoms with Crippen molar-refractivity contribution in [3.8, 4) is 11.1 Å². The molecule has 2 amide bonds. The van der Waals surface area contributed by atoms with E-state index < -0.39 is 29.4 Å². The van der Waals surface area contributed by atoms with E-state index in [1.54, 1.807) is 6.92 Å². The van der Waals surface area contributed by atoms with E-state index in [2.05, 4.69) is 22.8 Å². The smallest absolute Gasteiger partial charge is 0.407 e. The van der Waals surface area contributed by atoms with Crippen molar-refractivity contribution >= 4 is 18.0 Å². The number of aliphatic carboxylic acids is 1. The Morgan fingerprint density at radius 2 is 1.66 bits per heavy atom. The maximum absolute atomic E-state index is 12.5. The molecular weight excluding hydrogens is 408 g/mol. The zero-order valence-electron chi connectivity index (χ0n) is 18.1. The highest BCUT2D eigenvalue weighted by Crippen LogP contribution is 2.44. The third kappa shape index (κ3) is 4.07. The van der Waals surface area contributed by atoms with Gasteiger partial charge in [0.25, 0.3) is 0 Å². The van der Waals surface area contributed by atoms with E-state index in [4.69, 9.17) is 4.74 Å². The number of fused-ring (bicyclic) bond motifs is 3. The summed E-state index contributed by atoms with van der Waals surface area (Å²) in [5.74, 6) is -1.34. The van der Waals surface area contributed by atoms with Crippen LogP contribution in [0, 0.1) is 5.41 Å². The van der Waals surface area contributed by atoms with Gasteiger partial charge >= 0.3 is 12.1 Å². The van der Waals surface area contributed by atoms with Gasteiger partial charge in [-0.1, -0.05) is 61.9 Å². The van der Waals surface area contributed by atoms with Gasteiger partial charge in [0.2, 0.25) is 5.91 Å². The van der Waals surface area contributed by atoms with Gasteiger partial charge in [-0.15, -0.1) is 0 Å². The summed E-state index contributed by atoms with van der Waals surface area (Å²) in [7, 11) is 0. The molecule has 3 N–H and O–H groups in total. The molecule has 0 saturated heterocycles. The van der Waals surface area contributed by atoms with Crippen molar-refractivity contribution in [2.75, 3.05) is 13.2 Å². The molecule has 2 aliphatic rings. The Hall–Kier alpha value is -3.35. The number of carboxylic acids is 1. The number of amides is 2. The van der Waals surface area contributed by atoms with Crippen LogP contribution in [0.5, 0.6) is 0 Å². The van der Waals surface area contributed by atoms with Crippen molar-refractivity contribution in [1.29, 1.82) is 0 Å². The second-order valence-electron chi connectivity index (χ2n) is 8.59. The van der Waals surface area contributed by atoms with Crippen molar-refractivity contribution in [2.45, 2.75) is 44.6 Å². The SMILES string of the molecule is CC[C@@H](NC(=O)OCC1c2ccccc2-c2ccccc21)C(=O)NCC1(C(=O)O)CCC1. The van der Waals surface area contributed by atoms with Crippen LogP contribution < -0.4 is 10.6 Å². The summed E-state index contributed by atoms with van der Waals surface area (Å²) < 4.78 is 5.51. The summed E-state index contributed by atoms with van der Waals surface area (Å²) in [5.41, 5.74) is 3.65. The highest BCUT2D eigenvalue weighted by atomic mass is 16.5. The van der Waals surface area contributed by atoms with Crippen LogP contribution in [0.3, 0.4) is 0 Å². The Morgan fingerprint density at radius 3 is 2.16 bits per heavy atom. The molecular formula is C25H28N2O5. The van der Waals surface area contributed by atoms with Gasteiger partial charge in [0.15, 0.2) is 0 Å². The van der Waals surface area contributed by atoms with Crippen molar-refractivity contribution in [3.05, 3.63) is 59.7 Å². The first kappa shape index (κ1) is 21.9. The first-order valence-corrected chi connectivity index (χ1v) is 11.1. The lowest BCUT2D eigenvalue weighted by molar-refractivity contribution is -0.154. The Balaban J connectivity index is 1.34. The molecule has 0 aliphatic heterocycles. The molecule has 0 heterocycles. The fourth-order valence-corrected chi connectivity index (χ4v) is 4.58. The van der Waals surface area contributed by atoms with Gasteiger partial charge < -0.3 is 20.5 Å². The Labute approximate surface area is 187 Å². The Morgan fingerprint density at radius 1 is 1.06 bits per heavy atom. The van der Waals surface area contributed by atoms with Crippen molar-refractivity contribution < 1.29 is 24.2 Å². The number of hydrogen-bond donors (Lipinski definition) is 3. The summed E-state index contributed by atoms with van der Waals surface area (Å²) >= 11 is 0. The largest absolute Gasteiger partial charge is 0.481 e. The number of carbonyl (C=O) groups excluding carboxylic acids is 2. The number of ether oxygens (including phenoxy) is 1. The minimum absolute atomic E-state index is 0.0592. The van der Waals surface area contributed by atoms with Crippen molar-refractivity contribution in [1.82, 2.24) is 10.6 Å². The number of rotatable bonds is 8. The Bertz CT molecular complexity index is 985. The Kier molecular flexibility index (Phi) is 6.17. The number of nitrogens with one attached hydrogen (secondary N) is 2. The summed E-state index contributed by atoms with van der Waals surface area (Å²) in [6.45, 7) is 2.02. The molecule has 0 aromatic heterocycles. The lowest BCUT2D eigenvalue weighted by Gasteiger charge is -2.37. The lowest BCUT2D eigenvalue weighted by Crippen LogP contribution is -2.52. The number of carboxylic acid groups (broad SMARTS) is 1. The zero-order valence-corrected chi connectivity index (χ0v) is 18.1. The van der Waals surface area contributed by atoms with Gasteiger partial charge in [0.1, 0.15) is 12.6 Å².